The first-order chi connectivity index (χ1) is 19.7. The molecule has 5 rings (SSSR count). The van der Waals surface area contributed by atoms with E-state index in [9.17, 15) is 8.42 Å². The van der Waals surface area contributed by atoms with Crippen LogP contribution in [0.15, 0.2) is 48.7 Å². The van der Waals surface area contributed by atoms with Gasteiger partial charge in [-0.2, -0.15) is 4.98 Å². The first-order valence-corrected chi connectivity index (χ1v) is 15.9. The van der Waals surface area contributed by atoms with E-state index in [0.29, 0.717) is 34.9 Å². The molecular weight excluding hydrogens is 564 g/mol. The van der Waals surface area contributed by atoms with Gasteiger partial charge < -0.3 is 25.2 Å². The number of piperidine rings is 1. The van der Waals surface area contributed by atoms with Crippen molar-refractivity contribution in [2.45, 2.75) is 18.9 Å². The molecule has 41 heavy (non-hydrogen) atoms. The van der Waals surface area contributed by atoms with Crippen LogP contribution in [0.25, 0.3) is 0 Å². The molecule has 220 valence electrons. The molecule has 3 N–H and O–H groups in total. The second kappa shape index (κ2) is 12.7. The lowest BCUT2D eigenvalue weighted by Gasteiger charge is -2.42. The average molecular weight is 601 g/mol. The summed E-state index contributed by atoms with van der Waals surface area (Å²) in [7, 11) is 0.371. The maximum Gasteiger partial charge on any atom is 0.229 e. The molecule has 2 aromatic carbocycles. The van der Waals surface area contributed by atoms with E-state index in [1.165, 1.54) is 6.20 Å². The van der Waals surface area contributed by atoms with Crippen molar-refractivity contribution in [3.05, 3.63) is 53.7 Å². The molecule has 3 aromatic rings. The number of nitrogens with zero attached hydrogens (tertiary/aromatic N) is 5. The number of aromatic nitrogens is 2. The van der Waals surface area contributed by atoms with Crippen molar-refractivity contribution in [1.29, 1.82) is 0 Å². The lowest BCUT2D eigenvalue weighted by Crippen LogP contribution is -2.52. The van der Waals surface area contributed by atoms with Gasteiger partial charge in [0.05, 0.1) is 36.6 Å². The summed E-state index contributed by atoms with van der Waals surface area (Å²) in [5.74, 6) is 1.31. The number of nitrogens with one attached hydrogen (secondary N) is 3. The second-order valence-corrected chi connectivity index (χ2v) is 12.7. The molecule has 0 bridgehead atoms. The Hall–Kier alpha value is -3.32. The molecule has 1 aromatic heterocycles. The summed E-state index contributed by atoms with van der Waals surface area (Å²) in [6.45, 7) is 6.63. The van der Waals surface area contributed by atoms with E-state index in [1.54, 1.807) is 31.4 Å². The standard InChI is InChI=1S/C28H37ClN8O3S/c1-35-14-16-37(17-15-35)20-10-12-36(13-11-20)21-8-9-25(26(18-21)40-2)32-28-30-19-22(29)27(33-28)31-23-6-4-5-7-24(23)34-41(3,38)39/h4-9,18-20,34H,10-17H2,1-3H3,(H2,30,31,32,33). The Balaban J connectivity index is 1.26. The minimum Gasteiger partial charge on any atom is -0.494 e. The van der Waals surface area contributed by atoms with E-state index in [2.05, 4.69) is 53.1 Å². The summed E-state index contributed by atoms with van der Waals surface area (Å²) in [6.07, 6.45) is 4.89. The SMILES string of the molecule is COc1cc(N2CCC(N3CCN(C)CC3)CC2)ccc1Nc1ncc(Cl)c(Nc2ccccc2NS(C)(=O)=O)n1. The third-order valence-corrected chi connectivity index (χ3v) is 8.40. The van der Waals surface area contributed by atoms with Crippen molar-refractivity contribution in [3.63, 3.8) is 0 Å². The van der Waals surface area contributed by atoms with Crippen LogP contribution in [0.1, 0.15) is 12.8 Å². The van der Waals surface area contributed by atoms with Gasteiger partial charge in [-0.25, -0.2) is 13.4 Å². The zero-order valence-corrected chi connectivity index (χ0v) is 25.2. The molecule has 0 unspecified atom stereocenters. The molecular formula is C28H37ClN8O3S. The smallest absolute Gasteiger partial charge is 0.229 e. The Morgan fingerprint density at radius 3 is 2.34 bits per heavy atom. The number of likely N-dealkylation sites (N-methyl/N-ethyl adjacent to an activating group) is 1. The molecule has 2 aliphatic rings. The quantitative estimate of drug-likeness (QED) is 0.330. The van der Waals surface area contributed by atoms with Gasteiger partial charge in [0.2, 0.25) is 16.0 Å². The first-order valence-electron chi connectivity index (χ1n) is 13.7. The van der Waals surface area contributed by atoms with Gasteiger partial charge in [-0.1, -0.05) is 23.7 Å². The van der Waals surface area contributed by atoms with Crippen LogP contribution in [-0.2, 0) is 10.0 Å². The fourth-order valence-electron chi connectivity index (χ4n) is 5.30. The highest BCUT2D eigenvalue weighted by atomic mass is 35.5. The van der Waals surface area contributed by atoms with Crippen LogP contribution >= 0.6 is 11.6 Å². The van der Waals surface area contributed by atoms with Gasteiger partial charge in [0.25, 0.3) is 0 Å². The van der Waals surface area contributed by atoms with Crippen LogP contribution in [0, 0.1) is 0 Å². The van der Waals surface area contributed by atoms with Crippen LogP contribution in [0.3, 0.4) is 0 Å². The summed E-state index contributed by atoms with van der Waals surface area (Å²) >= 11 is 6.38. The third kappa shape index (κ3) is 7.50. The minimum atomic E-state index is -3.47. The van der Waals surface area contributed by atoms with Gasteiger partial charge in [-0.3, -0.25) is 9.62 Å². The van der Waals surface area contributed by atoms with E-state index < -0.39 is 10.0 Å². The van der Waals surface area contributed by atoms with Gasteiger partial charge in [-0.05, 0) is 44.2 Å². The summed E-state index contributed by atoms with van der Waals surface area (Å²) in [6, 6.07) is 13.7. The molecule has 2 saturated heterocycles. The number of hydrogen-bond acceptors (Lipinski definition) is 10. The number of para-hydroxylation sites is 2. The van der Waals surface area contributed by atoms with Gasteiger partial charge in [0.15, 0.2) is 5.82 Å². The van der Waals surface area contributed by atoms with E-state index in [0.717, 1.165) is 69.7 Å². The molecule has 0 amide bonds. The molecule has 2 aliphatic heterocycles. The van der Waals surface area contributed by atoms with Gasteiger partial charge in [-0.15, -0.1) is 0 Å². The van der Waals surface area contributed by atoms with Crippen LogP contribution in [0.5, 0.6) is 5.75 Å². The first kappa shape index (κ1) is 29.2. The van der Waals surface area contributed by atoms with Crippen LogP contribution in [0.2, 0.25) is 5.02 Å². The van der Waals surface area contributed by atoms with E-state index >= 15 is 0 Å². The number of piperazine rings is 1. The largest absolute Gasteiger partial charge is 0.494 e. The number of methoxy groups -OCH3 is 1. The minimum absolute atomic E-state index is 0.284. The molecule has 0 atom stereocenters. The number of hydrogen-bond donors (Lipinski definition) is 3. The van der Waals surface area contributed by atoms with Crippen molar-refractivity contribution in [2.75, 3.05) is 79.9 Å². The van der Waals surface area contributed by atoms with Crippen molar-refractivity contribution in [2.24, 2.45) is 0 Å². The van der Waals surface area contributed by atoms with Crippen molar-refractivity contribution in [1.82, 2.24) is 19.8 Å². The predicted octanol–water partition coefficient (Wildman–Crippen LogP) is 4.21. The maximum atomic E-state index is 11.8. The third-order valence-electron chi connectivity index (χ3n) is 7.54. The highest BCUT2D eigenvalue weighted by Crippen LogP contribution is 2.34. The molecule has 0 spiro atoms. The number of halogens is 1. The highest BCUT2D eigenvalue weighted by molar-refractivity contribution is 7.92. The lowest BCUT2D eigenvalue weighted by molar-refractivity contribution is 0.0982. The number of benzene rings is 2. The average Bonchev–Trinajstić information content (AvgIpc) is 2.96. The topological polar surface area (TPSA) is 115 Å². The van der Waals surface area contributed by atoms with Crippen molar-refractivity contribution in [3.8, 4) is 5.75 Å². The monoisotopic (exact) mass is 600 g/mol. The molecule has 3 heterocycles. The Morgan fingerprint density at radius 2 is 1.66 bits per heavy atom. The predicted molar refractivity (Wildman–Crippen MR) is 166 cm³/mol. The normalized spacial score (nSPS) is 17.3. The maximum absolute atomic E-state index is 11.8. The fourth-order valence-corrected chi connectivity index (χ4v) is 6.02. The van der Waals surface area contributed by atoms with Gasteiger partial charge in [0.1, 0.15) is 10.8 Å². The molecule has 11 nitrogen and oxygen atoms in total. The number of anilines is 6. The highest BCUT2D eigenvalue weighted by Gasteiger charge is 2.27. The van der Waals surface area contributed by atoms with Gasteiger partial charge in [0, 0.05) is 57.1 Å². The fraction of sp³-hybridized carbons (Fsp3) is 0.429. The van der Waals surface area contributed by atoms with Crippen molar-refractivity contribution >= 4 is 56.1 Å². The summed E-state index contributed by atoms with van der Waals surface area (Å²) in [5.41, 5.74) is 2.72. The molecule has 0 saturated carbocycles. The number of ether oxygens (including phenoxy) is 1. The van der Waals surface area contributed by atoms with E-state index in [1.807, 2.05) is 12.1 Å². The number of rotatable bonds is 9. The van der Waals surface area contributed by atoms with Crippen LogP contribution in [-0.4, -0.2) is 93.9 Å². The summed E-state index contributed by atoms with van der Waals surface area (Å²) in [5, 5.41) is 6.62. The second-order valence-electron chi connectivity index (χ2n) is 10.5. The Labute approximate surface area is 246 Å². The van der Waals surface area contributed by atoms with Crippen molar-refractivity contribution < 1.29 is 13.2 Å². The van der Waals surface area contributed by atoms with Crippen LogP contribution in [0.4, 0.5) is 34.5 Å². The van der Waals surface area contributed by atoms with Gasteiger partial charge >= 0.3 is 0 Å². The number of sulfonamides is 1. The molecule has 0 aliphatic carbocycles. The Kier molecular flexibility index (Phi) is 9.03. The zero-order chi connectivity index (χ0) is 29.0. The lowest BCUT2D eigenvalue weighted by atomic mass is 10.0. The summed E-state index contributed by atoms with van der Waals surface area (Å²) < 4.78 is 31.8. The summed E-state index contributed by atoms with van der Waals surface area (Å²) in [4.78, 5) is 16.3. The van der Waals surface area contributed by atoms with Crippen LogP contribution < -0.4 is 25.0 Å². The zero-order valence-electron chi connectivity index (χ0n) is 23.6. The Morgan fingerprint density at radius 1 is 0.951 bits per heavy atom. The van der Waals surface area contributed by atoms with E-state index in [4.69, 9.17) is 16.3 Å². The van der Waals surface area contributed by atoms with E-state index in [-0.39, 0.29) is 5.02 Å². The molecule has 13 heteroatoms. The molecule has 2 fully saturated rings. The molecule has 0 radical (unpaired) electrons. The Bertz CT molecular complexity index is 1460.